The Morgan fingerprint density at radius 3 is 2.65 bits per heavy atom. The molecule has 0 aliphatic rings. The molecule has 0 spiro atoms. The van der Waals surface area contributed by atoms with Gasteiger partial charge < -0.3 is 10.1 Å². The number of amides is 1. The Labute approximate surface area is 141 Å². The van der Waals surface area contributed by atoms with Crippen LogP contribution in [0.15, 0.2) is 61.2 Å². The molecular weight excluding hydrogens is 306 g/mol. The highest BCUT2D eigenvalue weighted by atomic mass is 32.2. The van der Waals surface area contributed by atoms with Crippen molar-refractivity contribution < 1.29 is 9.53 Å². The van der Waals surface area contributed by atoms with E-state index in [1.165, 1.54) is 11.1 Å². The van der Waals surface area contributed by atoms with Crippen LogP contribution in [0.1, 0.15) is 11.1 Å². The number of aryl methyl sites for hydroxylation is 1. The van der Waals surface area contributed by atoms with Gasteiger partial charge in [-0.1, -0.05) is 36.9 Å². The molecule has 0 radical (unpaired) electrons. The molecule has 0 aromatic heterocycles. The fourth-order valence-electron chi connectivity index (χ4n) is 2.01. The van der Waals surface area contributed by atoms with Gasteiger partial charge in [0.25, 0.3) is 0 Å². The van der Waals surface area contributed by atoms with Gasteiger partial charge in [-0.15, -0.1) is 11.8 Å². The summed E-state index contributed by atoms with van der Waals surface area (Å²) in [5, 5.41) is 2.89. The summed E-state index contributed by atoms with van der Waals surface area (Å²) in [7, 11) is 0. The van der Waals surface area contributed by atoms with E-state index in [4.69, 9.17) is 4.74 Å². The molecule has 1 N–H and O–H groups in total. The van der Waals surface area contributed by atoms with Gasteiger partial charge in [-0.25, -0.2) is 0 Å². The average Bonchev–Trinajstić information content (AvgIpc) is 2.56. The van der Waals surface area contributed by atoms with E-state index in [2.05, 4.69) is 31.0 Å². The smallest absolute Gasteiger partial charge is 0.234 e. The molecule has 0 unspecified atom stereocenters. The molecule has 2 aromatic carbocycles. The highest BCUT2D eigenvalue weighted by Crippen LogP contribution is 2.18. The highest BCUT2D eigenvalue weighted by molar-refractivity contribution is 7.99. The van der Waals surface area contributed by atoms with Crippen LogP contribution in [0.25, 0.3) is 0 Å². The minimum Gasteiger partial charge on any atom is -0.490 e. The quantitative estimate of drug-likeness (QED) is 0.729. The van der Waals surface area contributed by atoms with Crippen molar-refractivity contribution in [2.75, 3.05) is 17.7 Å². The summed E-state index contributed by atoms with van der Waals surface area (Å²) < 4.78 is 5.41. The van der Waals surface area contributed by atoms with E-state index in [9.17, 15) is 4.79 Å². The van der Waals surface area contributed by atoms with E-state index in [0.717, 1.165) is 17.2 Å². The first kappa shape index (κ1) is 17.2. The van der Waals surface area contributed by atoms with E-state index in [1.54, 1.807) is 17.8 Å². The fourth-order valence-corrected chi connectivity index (χ4v) is 2.92. The monoisotopic (exact) mass is 327 g/mol. The second-order valence-corrected chi connectivity index (χ2v) is 6.08. The van der Waals surface area contributed by atoms with Crippen LogP contribution in [-0.4, -0.2) is 18.3 Å². The van der Waals surface area contributed by atoms with E-state index in [1.807, 2.05) is 36.4 Å². The molecule has 120 valence electrons. The Morgan fingerprint density at radius 2 is 1.96 bits per heavy atom. The molecule has 0 fully saturated rings. The second kappa shape index (κ2) is 9.06. The molecule has 0 saturated heterocycles. The second-order valence-electron chi connectivity index (χ2n) is 5.09. The summed E-state index contributed by atoms with van der Waals surface area (Å²) >= 11 is 1.61. The van der Waals surface area contributed by atoms with Crippen molar-refractivity contribution in [2.45, 2.75) is 12.7 Å². The number of nitrogens with one attached hydrogen (secondary N) is 1. The zero-order valence-electron chi connectivity index (χ0n) is 13.2. The maximum atomic E-state index is 12.0. The lowest BCUT2D eigenvalue weighted by molar-refractivity contribution is -0.113. The minimum absolute atomic E-state index is 0.00310. The van der Waals surface area contributed by atoms with Gasteiger partial charge >= 0.3 is 0 Å². The average molecular weight is 327 g/mol. The first-order chi connectivity index (χ1) is 11.2. The lowest BCUT2D eigenvalue weighted by Crippen LogP contribution is -2.14. The molecule has 2 rings (SSSR count). The number of hydrogen-bond donors (Lipinski definition) is 1. The van der Waals surface area contributed by atoms with E-state index >= 15 is 0 Å². The number of ether oxygens (including phenoxy) is 1. The van der Waals surface area contributed by atoms with Crippen molar-refractivity contribution in [2.24, 2.45) is 0 Å². The number of carbonyl (C=O) groups is 1. The Bertz CT molecular complexity index is 653. The summed E-state index contributed by atoms with van der Waals surface area (Å²) in [6.07, 6.45) is 1.70. The van der Waals surface area contributed by atoms with Gasteiger partial charge in [0, 0.05) is 11.4 Å². The molecular formula is C19H21NO2S. The van der Waals surface area contributed by atoms with Gasteiger partial charge in [0.05, 0.1) is 5.75 Å². The van der Waals surface area contributed by atoms with Crippen LogP contribution in [0.4, 0.5) is 5.69 Å². The molecule has 23 heavy (non-hydrogen) atoms. The largest absolute Gasteiger partial charge is 0.490 e. The predicted molar refractivity (Wildman–Crippen MR) is 98.1 cm³/mol. The molecule has 0 aliphatic carbocycles. The minimum atomic E-state index is 0.00310. The first-order valence-electron chi connectivity index (χ1n) is 7.45. The van der Waals surface area contributed by atoms with Gasteiger partial charge in [0.1, 0.15) is 12.4 Å². The highest BCUT2D eigenvalue weighted by Gasteiger charge is 2.04. The zero-order valence-corrected chi connectivity index (χ0v) is 14.1. The van der Waals surface area contributed by atoms with Crippen molar-refractivity contribution in [3.63, 3.8) is 0 Å². The van der Waals surface area contributed by atoms with Crippen molar-refractivity contribution in [3.05, 3.63) is 72.3 Å². The maximum Gasteiger partial charge on any atom is 0.234 e. The number of carbonyl (C=O) groups excluding carboxylic acids is 1. The summed E-state index contributed by atoms with van der Waals surface area (Å²) in [4.78, 5) is 12.0. The van der Waals surface area contributed by atoms with E-state index in [-0.39, 0.29) is 5.91 Å². The summed E-state index contributed by atoms with van der Waals surface area (Å²) in [6, 6.07) is 15.6. The van der Waals surface area contributed by atoms with Crippen molar-refractivity contribution >= 4 is 23.4 Å². The van der Waals surface area contributed by atoms with Crippen LogP contribution in [0.3, 0.4) is 0 Å². The van der Waals surface area contributed by atoms with Gasteiger partial charge in [-0.05, 0) is 42.3 Å². The summed E-state index contributed by atoms with van der Waals surface area (Å²) in [5.41, 5.74) is 3.31. The Balaban J connectivity index is 1.76. The van der Waals surface area contributed by atoms with Gasteiger partial charge in [-0.2, -0.15) is 0 Å². The number of rotatable bonds is 8. The van der Waals surface area contributed by atoms with Crippen LogP contribution in [0, 0.1) is 6.92 Å². The molecule has 1 amide bonds. The number of thioether (sulfide) groups is 1. The van der Waals surface area contributed by atoms with E-state index < -0.39 is 0 Å². The number of anilines is 1. The Hall–Kier alpha value is -2.20. The molecule has 0 heterocycles. The SMILES string of the molecule is C=CCOc1ccc(NC(=O)CSCc2ccccc2C)cc1. The topological polar surface area (TPSA) is 38.3 Å². The normalized spacial score (nSPS) is 10.1. The summed E-state index contributed by atoms with van der Waals surface area (Å²) in [6.45, 7) is 6.17. The molecule has 0 bridgehead atoms. The third-order valence-electron chi connectivity index (χ3n) is 3.26. The lowest BCUT2D eigenvalue weighted by Gasteiger charge is -2.08. The molecule has 4 heteroatoms. The third-order valence-corrected chi connectivity index (χ3v) is 4.24. The Kier molecular flexibility index (Phi) is 6.76. The zero-order chi connectivity index (χ0) is 16.5. The number of hydrogen-bond acceptors (Lipinski definition) is 3. The van der Waals surface area contributed by atoms with Gasteiger partial charge in [0.2, 0.25) is 5.91 Å². The lowest BCUT2D eigenvalue weighted by atomic mass is 10.1. The third kappa shape index (κ3) is 5.83. The van der Waals surface area contributed by atoms with Crippen LogP contribution < -0.4 is 10.1 Å². The van der Waals surface area contributed by atoms with Crippen LogP contribution in [0.2, 0.25) is 0 Å². The summed E-state index contributed by atoms with van der Waals surface area (Å²) in [5.74, 6) is 2.04. The Morgan fingerprint density at radius 1 is 1.22 bits per heavy atom. The standard InChI is InChI=1S/C19H21NO2S/c1-3-12-22-18-10-8-17(9-11-18)20-19(21)14-23-13-16-7-5-4-6-15(16)2/h3-11H,1,12-14H2,2H3,(H,20,21). The predicted octanol–water partition coefficient (Wildman–Crippen LogP) is 4.43. The van der Waals surface area contributed by atoms with Crippen molar-refractivity contribution in [1.29, 1.82) is 0 Å². The maximum absolute atomic E-state index is 12.0. The van der Waals surface area contributed by atoms with Crippen LogP contribution in [-0.2, 0) is 10.5 Å². The molecule has 0 atom stereocenters. The van der Waals surface area contributed by atoms with Gasteiger partial charge in [-0.3, -0.25) is 4.79 Å². The fraction of sp³-hybridized carbons (Fsp3) is 0.211. The molecule has 3 nitrogen and oxygen atoms in total. The molecule has 0 saturated carbocycles. The number of benzene rings is 2. The van der Waals surface area contributed by atoms with Crippen molar-refractivity contribution in [3.8, 4) is 5.75 Å². The van der Waals surface area contributed by atoms with Crippen molar-refractivity contribution in [1.82, 2.24) is 0 Å². The van der Waals surface area contributed by atoms with Crippen LogP contribution in [0.5, 0.6) is 5.75 Å². The molecule has 2 aromatic rings. The van der Waals surface area contributed by atoms with E-state index in [0.29, 0.717) is 12.4 Å². The first-order valence-corrected chi connectivity index (χ1v) is 8.60. The molecule has 0 aliphatic heterocycles. The van der Waals surface area contributed by atoms with Crippen LogP contribution >= 0.6 is 11.8 Å². The van der Waals surface area contributed by atoms with Gasteiger partial charge in [0.15, 0.2) is 0 Å².